The molecule has 1 aromatic heterocycles. The molecule has 1 saturated heterocycles. The van der Waals surface area contributed by atoms with Crippen LogP contribution >= 0.6 is 0 Å². The van der Waals surface area contributed by atoms with Gasteiger partial charge in [-0.3, -0.25) is 14.3 Å². The number of hydrogen-bond donors (Lipinski definition) is 1. The minimum absolute atomic E-state index is 0.0354. The Balaban J connectivity index is 2.37. The van der Waals surface area contributed by atoms with E-state index < -0.39 is 17.9 Å². The molecule has 1 aromatic rings. The normalized spacial score (nSPS) is 23.7. The van der Waals surface area contributed by atoms with E-state index in [0.717, 1.165) is 12.0 Å². The Morgan fingerprint density at radius 1 is 1.58 bits per heavy atom. The van der Waals surface area contributed by atoms with Crippen molar-refractivity contribution in [1.29, 1.82) is 0 Å². The summed E-state index contributed by atoms with van der Waals surface area (Å²) in [7, 11) is 1.79. The highest BCUT2D eigenvalue weighted by molar-refractivity contribution is 5.81. The molecule has 2 atom stereocenters. The van der Waals surface area contributed by atoms with Gasteiger partial charge in [-0.05, 0) is 12.8 Å². The van der Waals surface area contributed by atoms with Crippen molar-refractivity contribution >= 4 is 11.9 Å². The van der Waals surface area contributed by atoms with Crippen LogP contribution in [0.4, 0.5) is 0 Å². The molecule has 1 N–H and O–H groups in total. The standard InChI is InChI=1S/C13H19N3O3/c1-3-6-16-11(17)5-4-10(13(18)19)12(16)9-7-14-15(2)8-9/h7-8,10,12H,3-6H2,1-2H3,(H,18,19). The molecule has 0 aliphatic carbocycles. The molecule has 0 bridgehead atoms. The lowest BCUT2D eigenvalue weighted by Gasteiger charge is -2.39. The number of likely N-dealkylation sites (tertiary alicyclic amines) is 1. The number of aryl methyl sites for hydroxylation is 1. The summed E-state index contributed by atoms with van der Waals surface area (Å²) in [6.07, 6.45) is 4.97. The third kappa shape index (κ3) is 2.62. The maximum Gasteiger partial charge on any atom is 0.308 e. The van der Waals surface area contributed by atoms with Crippen LogP contribution in [0.2, 0.25) is 0 Å². The van der Waals surface area contributed by atoms with E-state index >= 15 is 0 Å². The molecule has 0 radical (unpaired) electrons. The zero-order valence-electron chi connectivity index (χ0n) is 11.2. The number of piperidine rings is 1. The second kappa shape index (κ2) is 5.42. The van der Waals surface area contributed by atoms with Gasteiger partial charge in [0.2, 0.25) is 5.91 Å². The van der Waals surface area contributed by atoms with E-state index in [-0.39, 0.29) is 5.91 Å². The number of nitrogens with zero attached hydrogens (tertiary/aromatic N) is 3. The van der Waals surface area contributed by atoms with Crippen molar-refractivity contribution in [3.8, 4) is 0 Å². The molecule has 0 saturated carbocycles. The molecule has 1 amide bonds. The Morgan fingerprint density at radius 2 is 2.32 bits per heavy atom. The van der Waals surface area contributed by atoms with Gasteiger partial charge in [0.15, 0.2) is 0 Å². The molecule has 0 spiro atoms. The number of carbonyl (C=O) groups is 2. The Morgan fingerprint density at radius 3 is 2.84 bits per heavy atom. The van der Waals surface area contributed by atoms with Crippen LogP contribution in [-0.4, -0.2) is 38.2 Å². The van der Waals surface area contributed by atoms with E-state index in [1.54, 1.807) is 29.0 Å². The number of amides is 1. The third-order valence-electron chi connectivity index (χ3n) is 3.55. The Hall–Kier alpha value is -1.85. The summed E-state index contributed by atoms with van der Waals surface area (Å²) in [4.78, 5) is 25.2. The molecule has 2 rings (SSSR count). The number of aliphatic carboxylic acids is 1. The summed E-state index contributed by atoms with van der Waals surface area (Å²) in [5, 5.41) is 13.5. The molecule has 1 aliphatic heterocycles. The molecule has 2 unspecified atom stereocenters. The number of carbonyl (C=O) groups excluding carboxylic acids is 1. The fourth-order valence-corrected chi connectivity index (χ4v) is 2.72. The van der Waals surface area contributed by atoms with E-state index in [9.17, 15) is 14.7 Å². The van der Waals surface area contributed by atoms with Gasteiger partial charge in [0.25, 0.3) is 0 Å². The number of rotatable bonds is 4. The van der Waals surface area contributed by atoms with Gasteiger partial charge in [0.05, 0.1) is 18.2 Å². The molecule has 1 aliphatic rings. The molecular formula is C13H19N3O3. The second-order valence-electron chi connectivity index (χ2n) is 4.96. The van der Waals surface area contributed by atoms with Crippen LogP contribution in [0, 0.1) is 5.92 Å². The predicted octanol–water partition coefficient (Wildman–Crippen LogP) is 1.19. The zero-order valence-corrected chi connectivity index (χ0v) is 11.2. The second-order valence-corrected chi connectivity index (χ2v) is 4.96. The van der Waals surface area contributed by atoms with Gasteiger partial charge in [-0.2, -0.15) is 5.10 Å². The molecule has 6 heteroatoms. The average Bonchev–Trinajstić information content (AvgIpc) is 2.78. The van der Waals surface area contributed by atoms with Crippen molar-refractivity contribution < 1.29 is 14.7 Å². The highest BCUT2D eigenvalue weighted by Gasteiger charge is 2.40. The monoisotopic (exact) mass is 265 g/mol. The van der Waals surface area contributed by atoms with E-state index in [0.29, 0.717) is 19.4 Å². The van der Waals surface area contributed by atoms with Crippen LogP contribution < -0.4 is 0 Å². The van der Waals surface area contributed by atoms with Crippen molar-refractivity contribution in [3.05, 3.63) is 18.0 Å². The summed E-state index contributed by atoms with van der Waals surface area (Å²) in [5.41, 5.74) is 0.802. The van der Waals surface area contributed by atoms with Crippen LogP contribution in [0.1, 0.15) is 37.8 Å². The zero-order chi connectivity index (χ0) is 14.0. The van der Waals surface area contributed by atoms with Gasteiger partial charge in [-0.25, -0.2) is 0 Å². The topological polar surface area (TPSA) is 75.4 Å². The van der Waals surface area contributed by atoms with Crippen LogP contribution in [0.3, 0.4) is 0 Å². The smallest absolute Gasteiger partial charge is 0.308 e. The van der Waals surface area contributed by atoms with Crippen molar-refractivity contribution in [2.45, 2.75) is 32.2 Å². The van der Waals surface area contributed by atoms with Gasteiger partial charge < -0.3 is 10.0 Å². The molecular weight excluding hydrogens is 246 g/mol. The van der Waals surface area contributed by atoms with Crippen molar-refractivity contribution in [2.24, 2.45) is 13.0 Å². The van der Waals surface area contributed by atoms with E-state index in [4.69, 9.17) is 0 Å². The SMILES string of the molecule is CCCN1C(=O)CCC(C(=O)O)C1c1cnn(C)c1. The first-order valence-corrected chi connectivity index (χ1v) is 6.55. The maximum atomic E-state index is 12.0. The van der Waals surface area contributed by atoms with Crippen molar-refractivity contribution in [1.82, 2.24) is 14.7 Å². The van der Waals surface area contributed by atoms with Gasteiger partial charge >= 0.3 is 5.97 Å². The average molecular weight is 265 g/mol. The summed E-state index contributed by atoms with van der Waals surface area (Å²) in [5.74, 6) is -1.36. The van der Waals surface area contributed by atoms with Gasteiger partial charge in [-0.15, -0.1) is 0 Å². The Bertz CT molecular complexity index is 483. The number of carboxylic acid groups (broad SMARTS) is 1. The van der Waals surface area contributed by atoms with E-state index in [1.165, 1.54) is 0 Å². The van der Waals surface area contributed by atoms with E-state index in [1.807, 2.05) is 6.92 Å². The lowest BCUT2D eigenvalue weighted by atomic mass is 9.85. The van der Waals surface area contributed by atoms with Gasteiger partial charge in [-0.1, -0.05) is 6.92 Å². The quantitative estimate of drug-likeness (QED) is 0.887. The first-order chi connectivity index (χ1) is 9.04. The van der Waals surface area contributed by atoms with Crippen molar-refractivity contribution in [3.63, 3.8) is 0 Å². The van der Waals surface area contributed by atoms with Gasteiger partial charge in [0.1, 0.15) is 0 Å². The van der Waals surface area contributed by atoms with Crippen LogP contribution in [0.5, 0.6) is 0 Å². The molecule has 104 valence electrons. The molecule has 2 heterocycles. The number of aromatic nitrogens is 2. The van der Waals surface area contributed by atoms with Crippen LogP contribution in [-0.2, 0) is 16.6 Å². The van der Waals surface area contributed by atoms with Crippen molar-refractivity contribution in [2.75, 3.05) is 6.54 Å². The summed E-state index contributed by atoms with van der Waals surface area (Å²) < 4.78 is 1.64. The highest BCUT2D eigenvalue weighted by atomic mass is 16.4. The van der Waals surface area contributed by atoms with Crippen LogP contribution in [0.15, 0.2) is 12.4 Å². The first kappa shape index (κ1) is 13.6. The summed E-state index contributed by atoms with van der Waals surface area (Å²) >= 11 is 0. The van der Waals surface area contributed by atoms with Gasteiger partial charge in [0, 0.05) is 31.8 Å². The maximum absolute atomic E-state index is 12.0. The fraction of sp³-hybridized carbons (Fsp3) is 0.615. The summed E-state index contributed by atoms with van der Waals surface area (Å²) in [6, 6.07) is -0.396. The van der Waals surface area contributed by atoms with Crippen LogP contribution in [0.25, 0.3) is 0 Å². The third-order valence-corrected chi connectivity index (χ3v) is 3.55. The van der Waals surface area contributed by atoms with E-state index in [2.05, 4.69) is 5.10 Å². The minimum atomic E-state index is -0.845. The molecule has 19 heavy (non-hydrogen) atoms. The Labute approximate surface area is 112 Å². The predicted molar refractivity (Wildman–Crippen MR) is 68.3 cm³/mol. The number of hydrogen-bond acceptors (Lipinski definition) is 3. The first-order valence-electron chi connectivity index (χ1n) is 6.55. The fourth-order valence-electron chi connectivity index (χ4n) is 2.72. The highest BCUT2D eigenvalue weighted by Crippen LogP contribution is 2.36. The lowest BCUT2D eigenvalue weighted by molar-refractivity contribution is -0.152. The number of carboxylic acids is 1. The molecule has 6 nitrogen and oxygen atoms in total. The molecule has 1 fully saturated rings. The Kier molecular flexibility index (Phi) is 3.87. The minimum Gasteiger partial charge on any atom is -0.481 e. The molecule has 0 aromatic carbocycles. The lowest BCUT2D eigenvalue weighted by Crippen LogP contribution is -2.45. The largest absolute Gasteiger partial charge is 0.481 e. The summed E-state index contributed by atoms with van der Waals surface area (Å²) in [6.45, 7) is 2.57.